The third-order valence-electron chi connectivity index (χ3n) is 4.54. The number of fused-ring (bicyclic) bond motifs is 1. The minimum atomic E-state index is -4.61. The summed E-state index contributed by atoms with van der Waals surface area (Å²) in [5, 5.41) is 3.03. The van der Waals surface area contributed by atoms with Gasteiger partial charge in [0.05, 0.1) is 10.6 Å². The zero-order valence-electron chi connectivity index (χ0n) is 12.1. The summed E-state index contributed by atoms with van der Waals surface area (Å²) in [6, 6.07) is 2.40. The average Bonchev–Trinajstić information content (AvgIpc) is 2.93. The molecule has 4 nitrogen and oxygen atoms in total. The predicted octanol–water partition coefficient (Wildman–Crippen LogP) is 2.59. The summed E-state index contributed by atoms with van der Waals surface area (Å²) in [6.07, 6.45) is -3.91. The van der Waals surface area contributed by atoms with Crippen LogP contribution in [-0.4, -0.2) is 38.9 Å². The van der Waals surface area contributed by atoms with E-state index in [4.69, 9.17) is 11.6 Å². The Kier molecular flexibility index (Phi) is 4.37. The van der Waals surface area contributed by atoms with Gasteiger partial charge >= 0.3 is 6.18 Å². The van der Waals surface area contributed by atoms with Gasteiger partial charge in [-0.1, -0.05) is 11.6 Å². The Morgan fingerprint density at radius 1 is 1.22 bits per heavy atom. The van der Waals surface area contributed by atoms with Crippen molar-refractivity contribution >= 4 is 21.6 Å². The summed E-state index contributed by atoms with van der Waals surface area (Å²) in [6.45, 7) is 2.21. The van der Waals surface area contributed by atoms with E-state index in [0.29, 0.717) is 31.5 Å². The van der Waals surface area contributed by atoms with Crippen LogP contribution in [-0.2, 0) is 16.2 Å². The molecular weight excluding hydrogens is 353 g/mol. The van der Waals surface area contributed by atoms with Crippen LogP contribution in [0.4, 0.5) is 13.2 Å². The molecule has 2 saturated heterocycles. The summed E-state index contributed by atoms with van der Waals surface area (Å²) >= 11 is 5.88. The molecule has 3 rings (SSSR count). The highest BCUT2D eigenvalue weighted by atomic mass is 35.5. The van der Waals surface area contributed by atoms with E-state index >= 15 is 0 Å². The molecule has 0 radical (unpaired) electrons. The molecular formula is C14H16ClF3N2O2S. The number of hydrogen-bond acceptors (Lipinski definition) is 3. The highest BCUT2D eigenvalue weighted by Crippen LogP contribution is 2.36. The Morgan fingerprint density at radius 3 is 2.61 bits per heavy atom. The van der Waals surface area contributed by atoms with Crippen LogP contribution in [0.25, 0.3) is 0 Å². The van der Waals surface area contributed by atoms with E-state index < -0.39 is 26.7 Å². The van der Waals surface area contributed by atoms with Gasteiger partial charge in [0.15, 0.2) is 0 Å². The molecule has 0 saturated carbocycles. The van der Waals surface area contributed by atoms with Gasteiger partial charge in [-0.2, -0.15) is 17.5 Å². The lowest BCUT2D eigenvalue weighted by molar-refractivity contribution is -0.137. The van der Waals surface area contributed by atoms with E-state index in [1.807, 2.05) is 0 Å². The quantitative estimate of drug-likeness (QED) is 0.873. The lowest BCUT2D eigenvalue weighted by Gasteiger charge is -2.33. The van der Waals surface area contributed by atoms with E-state index in [1.54, 1.807) is 0 Å². The van der Waals surface area contributed by atoms with Crippen LogP contribution in [0.1, 0.15) is 12.0 Å². The largest absolute Gasteiger partial charge is 0.416 e. The minimum Gasteiger partial charge on any atom is -0.316 e. The average molecular weight is 369 g/mol. The number of halogens is 4. The Bertz CT molecular complexity index is 708. The second-order valence-electron chi connectivity index (χ2n) is 5.97. The number of piperidine rings is 1. The second-order valence-corrected chi connectivity index (χ2v) is 8.29. The SMILES string of the molecule is O=S(=O)(c1cc(C(F)(F)F)ccc1Cl)N1CCC2CNCC2C1. The first-order valence-corrected chi connectivity index (χ1v) is 9.09. The standard InChI is InChI=1S/C14H16ClF3N2O2S/c15-12-2-1-11(14(16,17)18)5-13(12)23(21,22)20-4-3-9-6-19-7-10(9)8-20/h1-2,5,9-10,19H,3-4,6-8H2. The van der Waals surface area contributed by atoms with Crippen LogP contribution in [0.2, 0.25) is 5.02 Å². The first-order chi connectivity index (χ1) is 10.7. The topological polar surface area (TPSA) is 49.4 Å². The molecule has 2 atom stereocenters. The smallest absolute Gasteiger partial charge is 0.316 e. The third kappa shape index (κ3) is 3.22. The molecule has 0 aliphatic carbocycles. The van der Waals surface area contributed by atoms with Gasteiger partial charge in [-0.05, 0) is 49.5 Å². The molecule has 23 heavy (non-hydrogen) atoms. The summed E-state index contributed by atoms with van der Waals surface area (Å²) < 4.78 is 65.3. The number of rotatable bonds is 2. The van der Waals surface area contributed by atoms with Gasteiger partial charge in [0.2, 0.25) is 10.0 Å². The molecule has 128 valence electrons. The molecule has 0 amide bonds. The third-order valence-corrected chi connectivity index (χ3v) is 6.89. The van der Waals surface area contributed by atoms with Crippen LogP contribution >= 0.6 is 11.6 Å². The van der Waals surface area contributed by atoms with Crippen molar-refractivity contribution in [1.82, 2.24) is 9.62 Å². The van der Waals surface area contributed by atoms with Gasteiger partial charge in [0.25, 0.3) is 0 Å². The molecule has 2 aliphatic rings. The van der Waals surface area contributed by atoms with Crippen LogP contribution < -0.4 is 5.32 Å². The summed E-state index contributed by atoms with van der Waals surface area (Å²) in [5.74, 6) is 0.626. The number of nitrogens with one attached hydrogen (secondary N) is 1. The number of alkyl halides is 3. The van der Waals surface area contributed by atoms with Crippen LogP contribution in [0.5, 0.6) is 0 Å². The molecule has 0 spiro atoms. The van der Waals surface area contributed by atoms with Crippen molar-refractivity contribution in [3.05, 3.63) is 28.8 Å². The van der Waals surface area contributed by atoms with Gasteiger partial charge < -0.3 is 5.32 Å². The molecule has 2 heterocycles. The highest BCUT2D eigenvalue weighted by Gasteiger charge is 2.39. The maximum atomic E-state index is 12.8. The Morgan fingerprint density at radius 2 is 1.91 bits per heavy atom. The summed E-state index contributed by atoms with van der Waals surface area (Å²) in [5.41, 5.74) is -1.02. The van der Waals surface area contributed by atoms with Crippen molar-refractivity contribution in [2.45, 2.75) is 17.5 Å². The number of nitrogens with zero attached hydrogens (tertiary/aromatic N) is 1. The van der Waals surface area contributed by atoms with Gasteiger partial charge in [-0.25, -0.2) is 8.42 Å². The highest BCUT2D eigenvalue weighted by molar-refractivity contribution is 7.89. The molecule has 2 unspecified atom stereocenters. The van der Waals surface area contributed by atoms with Crippen molar-refractivity contribution in [3.8, 4) is 0 Å². The zero-order valence-corrected chi connectivity index (χ0v) is 13.7. The Labute approximate surface area is 137 Å². The monoisotopic (exact) mass is 368 g/mol. The predicted molar refractivity (Wildman–Crippen MR) is 79.7 cm³/mol. The molecule has 0 bridgehead atoms. The van der Waals surface area contributed by atoms with E-state index in [-0.39, 0.29) is 10.9 Å². The van der Waals surface area contributed by atoms with Crippen molar-refractivity contribution in [3.63, 3.8) is 0 Å². The molecule has 9 heteroatoms. The lowest BCUT2D eigenvalue weighted by atomic mass is 9.90. The minimum absolute atomic E-state index is 0.190. The van der Waals surface area contributed by atoms with Gasteiger partial charge in [-0.3, -0.25) is 0 Å². The number of hydrogen-bond donors (Lipinski definition) is 1. The van der Waals surface area contributed by atoms with Crippen LogP contribution in [0, 0.1) is 11.8 Å². The van der Waals surface area contributed by atoms with E-state index in [2.05, 4.69) is 5.32 Å². The van der Waals surface area contributed by atoms with Gasteiger partial charge in [0, 0.05) is 13.1 Å². The summed E-state index contributed by atoms with van der Waals surface area (Å²) in [4.78, 5) is -0.474. The molecule has 2 fully saturated rings. The number of sulfonamides is 1. The van der Waals surface area contributed by atoms with Gasteiger partial charge in [0.1, 0.15) is 4.90 Å². The van der Waals surface area contributed by atoms with E-state index in [1.165, 1.54) is 4.31 Å². The number of benzene rings is 1. The zero-order chi connectivity index (χ0) is 16.8. The summed E-state index contributed by atoms with van der Waals surface area (Å²) in [7, 11) is -4.04. The van der Waals surface area contributed by atoms with Crippen molar-refractivity contribution < 1.29 is 21.6 Å². The maximum absolute atomic E-state index is 12.8. The molecule has 0 aromatic heterocycles. The molecule has 1 aromatic carbocycles. The Hall–Kier alpha value is -0.830. The van der Waals surface area contributed by atoms with Crippen molar-refractivity contribution in [2.75, 3.05) is 26.2 Å². The fourth-order valence-electron chi connectivity index (χ4n) is 3.24. The second kappa shape index (κ2) is 5.91. The fourth-order valence-corrected chi connectivity index (χ4v) is 5.25. The van der Waals surface area contributed by atoms with Gasteiger partial charge in [-0.15, -0.1) is 0 Å². The fraction of sp³-hybridized carbons (Fsp3) is 0.571. The first kappa shape index (κ1) is 17.0. The van der Waals surface area contributed by atoms with E-state index in [0.717, 1.165) is 25.2 Å². The molecule has 1 aromatic rings. The normalized spacial score (nSPS) is 26.3. The molecule has 2 aliphatic heterocycles. The lowest BCUT2D eigenvalue weighted by Crippen LogP contribution is -2.43. The van der Waals surface area contributed by atoms with Crippen LogP contribution in [0.3, 0.4) is 0 Å². The van der Waals surface area contributed by atoms with Crippen molar-refractivity contribution in [2.24, 2.45) is 11.8 Å². The van der Waals surface area contributed by atoms with Crippen molar-refractivity contribution in [1.29, 1.82) is 0 Å². The Balaban J connectivity index is 1.93. The first-order valence-electron chi connectivity index (χ1n) is 7.27. The van der Waals surface area contributed by atoms with E-state index in [9.17, 15) is 21.6 Å². The maximum Gasteiger partial charge on any atom is 0.416 e. The molecule has 1 N–H and O–H groups in total. The van der Waals surface area contributed by atoms with Crippen LogP contribution in [0.15, 0.2) is 23.1 Å².